The minimum absolute atomic E-state index is 0.318. The smallest absolute Gasteiger partial charge is 0.00318 e. The van der Waals surface area contributed by atoms with E-state index in [9.17, 15) is 0 Å². The molecule has 0 saturated heterocycles. The Kier molecular flexibility index (Phi) is 4.52. The summed E-state index contributed by atoms with van der Waals surface area (Å²) in [5, 5.41) is 2.93. The van der Waals surface area contributed by atoms with Gasteiger partial charge in [-0.05, 0) is 56.2 Å². The first-order chi connectivity index (χ1) is 8.74. The number of nitrogens with two attached hydrogens (primary N) is 1. The zero-order chi connectivity index (χ0) is 13.0. The number of hydrogen-bond donors (Lipinski definition) is 1. The maximum Gasteiger partial charge on any atom is -0.00318 e. The number of aryl methyl sites for hydroxylation is 2. The van der Waals surface area contributed by atoms with Gasteiger partial charge in [0.2, 0.25) is 0 Å². The second kappa shape index (κ2) is 6.13. The van der Waals surface area contributed by atoms with E-state index in [1.54, 1.807) is 0 Å². The fourth-order valence-corrected chi connectivity index (χ4v) is 4.76. The van der Waals surface area contributed by atoms with Crippen LogP contribution < -0.4 is 16.3 Å². The van der Waals surface area contributed by atoms with E-state index in [4.69, 9.17) is 5.73 Å². The van der Waals surface area contributed by atoms with Crippen molar-refractivity contribution >= 4 is 18.5 Å². The van der Waals surface area contributed by atoms with Crippen molar-refractivity contribution in [1.82, 2.24) is 0 Å². The van der Waals surface area contributed by atoms with Crippen LogP contribution in [0.25, 0.3) is 0 Å². The Bertz CT molecular complexity index is 477. The standard InChI is InChI=1S/C16H20NP/c1-13-7-3-5-9-15(13)18(12-11-17)16-10-6-4-8-14(16)2/h3-10H,11-12,17H2,1-2H3. The van der Waals surface area contributed by atoms with E-state index in [1.807, 2.05) is 0 Å². The zero-order valence-electron chi connectivity index (χ0n) is 11.1. The van der Waals surface area contributed by atoms with Gasteiger partial charge in [0.15, 0.2) is 0 Å². The highest BCUT2D eigenvalue weighted by molar-refractivity contribution is 7.73. The normalized spacial score (nSPS) is 10.9. The molecule has 0 radical (unpaired) electrons. The van der Waals surface area contributed by atoms with Crippen molar-refractivity contribution in [3.63, 3.8) is 0 Å². The van der Waals surface area contributed by atoms with E-state index in [0.717, 1.165) is 12.7 Å². The third kappa shape index (κ3) is 2.80. The highest BCUT2D eigenvalue weighted by Gasteiger charge is 2.16. The van der Waals surface area contributed by atoms with Crippen molar-refractivity contribution in [3.05, 3.63) is 59.7 Å². The Balaban J connectivity index is 2.47. The second-order valence-corrected chi connectivity index (χ2v) is 6.78. The van der Waals surface area contributed by atoms with E-state index < -0.39 is 0 Å². The van der Waals surface area contributed by atoms with E-state index >= 15 is 0 Å². The lowest BCUT2D eigenvalue weighted by Gasteiger charge is -2.21. The van der Waals surface area contributed by atoms with Crippen LogP contribution in [0, 0.1) is 13.8 Å². The van der Waals surface area contributed by atoms with Gasteiger partial charge in [-0.15, -0.1) is 0 Å². The average molecular weight is 257 g/mol. The van der Waals surface area contributed by atoms with Crippen molar-refractivity contribution < 1.29 is 0 Å². The van der Waals surface area contributed by atoms with Crippen LogP contribution in [0.15, 0.2) is 48.5 Å². The lowest BCUT2D eigenvalue weighted by Crippen LogP contribution is -2.21. The summed E-state index contributed by atoms with van der Waals surface area (Å²) < 4.78 is 0. The molecule has 0 saturated carbocycles. The number of rotatable bonds is 4. The van der Waals surface area contributed by atoms with Crippen LogP contribution in [-0.2, 0) is 0 Å². The van der Waals surface area contributed by atoms with Crippen molar-refractivity contribution in [2.75, 3.05) is 12.7 Å². The molecule has 0 unspecified atom stereocenters. The molecule has 0 spiro atoms. The topological polar surface area (TPSA) is 26.0 Å². The fourth-order valence-electron chi connectivity index (χ4n) is 2.23. The molecule has 2 aromatic carbocycles. The van der Waals surface area contributed by atoms with E-state index in [0.29, 0.717) is 0 Å². The highest BCUT2D eigenvalue weighted by atomic mass is 31.1. The van der Waals surface area contributed by atoms with Crippen molar-refractivity contribution in [2.24, 2.45) is 5.73 Å². The Morgan fingerprint density at radius 1 is 0.833 bits per heavy atom. The van der Waals surface area contributed by atoms with Crippen LogP contribution in [0.4, 0.5) is 0 Å². The largest absolute Gasteiger partial charge is 0.330 e. The van der Waals surface area contributed by atoms with Gasteiger partial charge in [0.1, 0.15) is 0 Å². The quantitative estimate of drug-likeness (QED) is 0.837. The molecule has 0 fully saturated rings. The van der Waals surface area contributed by atoms with Crippen molar-refractivity contribution in [3.8, 4) is 0 Å². The lowest BCUT2D eigenvalue weighted by molar-refractivity contribution is 1.14. The monoisotopic (exact) mass is 257 g/mol. The number of benzene rings is 2. The molecule has 0 aliphatic rings. The first kappa shape index (κ1) is 13.3. The molecule has 94 valence electrons. The predicted molar refractivity (Wildman–Crippen MR) is 82.5 cm³/mol. The molecule has 2 aromatic rings. The fraction of sp³-hybridized carbons (Fsp3) is 0.250. The Labute approximate surface area is 111 Å². The van der Waals surface area contributed by atoms with Crippen LogP contribution in [0.3, 0.4) is 0 Å². The van der Waals surface area contributed by atoms with Gasteiger partial charge in [-0.25, -0.2) is 0 Å². The summed E-state index contributed by atoms with van der Waals surface area (Å²) in [6.07, 6.45) is 1.06. The van der Waals surface area contributed by atoms with Gasteiger partial charge in [0.05, 0.1) is 0 Å². The molecule has 0 aromatic heterocycles. The van der Waals surface area contributed by atoms with Crippen LogP contribution >= 0.6 is 7.92 Å². The number of hydrogen-bond acceptors (Lipinski definition) is 1. The third-order valence-electron chi connectivity index (χ3n) is 3.17. The van der Waals surface area contributed by atoms with Crippen molar-refractivity contribution in [1.29, 1.82) is 0 Å². The predicted octanol–water partition coefficient (Wildman–Crippen LogP) is 2.69. The van der Waals surface area contributed by atoms with Gasteiger partial charge >= 0.3 is 0 Å². The van der Waals surface area contributed by atoms with Crippen LogP contribution in [-0.4, -0.2) is 12.7 Å². The SMILES string of the molecule is Cc1ccccc1P(CCN)c1ccccc1C. The molecule has 2 heteroatoms. The molecule has 0 aliphatic heterocycles. The van der Waals surface area contributed by atoms with Gasteiger partial charge in [-0.2, -0.15) is 0 Å². The Morgan fingerprint density at radius 3 is 1.67 bits per heavy atom. The second-order valence-electron chi connectivity index (χ2n) is 4.51. The minimum atomic E-state index is -0.318. The van der Waals surface area contributed by atoms with E-state index in [1.165, 1.54) is 21.7 Å². The molecular formula is C16H20NP. The molecule has 1 nitrogen and oxygen atoms in total. The molecule has 0 bridgehead atoms. The Hall–Kier alpha value is -1.17. The highest BCUT2D eigenvalue weighted by Crippen LogP contribution is 2.34. The molecule has 2 rings (SSSR count). The summed E-state index contributed by atoms with van der Waals surface area (Å²) in [4.78, 5) is 0. The summed E-state index contributed by atoms with van der Waals surface area (Å²) >= 11 is 0. The lowest BCUT2D eigenvalue weighted by atomic mass is 10.2. The first-order valence-corrected chi connectivity index (χ1v) is 7.85. The molecule has 2 N–H and O–H groups in total. The maximum absolute atomic E-state index is 5.82. The van der Waals surface area contributed by atoms with Crippen LogP contribution in [0.2, 0.25) is 0 Å². The summed E-state index contributed by atoms with van der Waals surface area (Å²) in [6, 6.07) is 17.4. The molecule has 18 heavy (non-hydrogen) atoms. The molecule has 0 amide bonds. The van der Waals surface area contributed by atoms with Gasteiger partial charge in [-0.1, -0.05) is 48.5 Å². The van der Waals surface area contributed by atoms with Gasteiger partial charge < -0.3 is 5.73 Å². The summed E-state index contributed by atoms with van der Waals surface area (Å²) in [6.45, 7) is 5.13. The third-order valence-corrected chi connectivity index (χ3v) is 6.04. The maximum atomic E-state index is 5.82. The summed E-state index contributed by atoms with van der Waals surface area (Å²) in [7, 11) is -0.318. The summed E-state index contributed by atoms with van der Waals surface area (Å²) in [5.74, 6) is 0. The van der Waals surface area contributed by atoms with Crippen LogP contribution in [0.1, 0.15) is 11.1 Å². The van der Waals surface area contributed by atoms with Crippen LogP contribution in [0.5, 0.6) is 0 Å². The minimum Gasteiger partial charge on any atom is -0.330 e. The van der Waals surface area contributed by atoms with Gasteiger partial charge in [0.25, 0.3) is 0 Å². The molecule has 0 atom stereocenters. The molecular weight excluding hydrogens is 237 g/mol. The summed E-state index contributed by atoms with van der Waals surface area (Å²) in [5.41, 5.74) is 8.57. The van der Waals surface area contributed by atoms with E-state index in [2.05, 4.69) is 62.4 Å². The van der Waals surface area contributed by atoms with Gasteiger partial charge in [0, 0.05) is 0 Å². The molecule has 0 aliphatic carbocycles. The average Bonchev–Trinajstić information content (AvgIpc) is 2.38. The van der Waals surface area contributed by atoms with Gasteiger partial charge in [-0.3, -0.25) is 0 Å². The van der Waals surface area contributed by atoms with Crippen molar-refractivity contribution in [2.45, 2.75) is 13.8 Å². The molecule has 0 heterocycles. The van der Waals surface area contributed by atoms with E-state index in [-0.39, 0.29) is 7.92 Å². The zero-order valence-corrected chi connectivity index (χ0v) is 12.0. The first-order valence-electron chi connectivity index (χ1n) is 6.33. The Morgan fingerprint density at radius 2 is 1.28 bits per heavy atom.